The summed E-state index contributed by atoms with van der Waals surface area (Å²) < 4.78 is 7.44. The van der Waals surface area contributed by atoms with Crippen LogP contribution in [0.2, 0.25) is 5.02 Å². The molecule has 8 heteroatoms. The average molecular weight is 509 g/mol. The van der Waals surface area contributed by atoms with E-state index in [0.29, 0.717) is 42.2 Å². The number of likely N-dealkylation sites (tertiary alicyclic amines) is 1. The van der Waals surface area contributed by atoms with Gasteiger partial charge in [0.2, 0.25) is 0 Å². The number of amides is 2. The molecule has 190 valence electrons. The minimum Gasteiger partial charge on any atom is -0.444 e. The number of aromatic nitrogens is 2. The zero-order valence-corrected chi connectivity index (χ0v) is 22.2. The molecule has 0 radical (unpaired) electrons. The molecule has 2 amide bonds. The lowest BCUT2D eigenvalue weighted by Crippen LogP contribution is -2.41. The Morgan fingerprint density at radius 3 is 2.33 bits per heavy atom. The van der Waals surface area contributed by atoms with Crippen molar-refractivity contribution >= 4 is 29.3 Å². The molecule has 0 unspecified atom stereocenters. The molecule has 0 bridgehead atoms. The van der Waals surface area contributed by atoms with E-state index in [1.165, 1.54) is 0 Å². The summed E-state index contributed by atoms with van der Waals surface area (Å²) in [7, 11) is 0. The molecule has 0 aliphatic carbocycles. The number of ether oxygens (including phenoxy) is 1. The number of benzene rings is 2. The van der Waals surface area contributed by atoms with E-state index in [4.69, 9.17) is 16.3 Å². The topological polar surface area (TPSA) is 76.5 Å². The maximum atomic E-state index is 13.4. The second-order valence-corrected chi connectivity index (χ2v) is 10.8. The summed E-state index contributed by atoms with van der Waals surface area (Å²) in [5, 5.41) is 8.24. The van der Waals surface area contributed by atoms with Gasteiger partial charge in [0, 0.05) is 29.7 Å². The van der Waals surface area contributed by atoms with E-state index >= 15 is 0 Å². The van der Waals surface area contributed by atoms with Crippen molar-refractivity contribution in [1.29, 1.82) is 0 Å². The fraction of sp³-hybridized carbons (Fsp3) is 0.393. The summed E-state index contributed by atoms with van der Waals surface area (Å²) in [6, 6.07) is 13.2. The first-order valence-corrected chi connectivity index (χ1v) is 12.6. The first-order valence-electron chi connectivity index (χ1n) is 12.2. The molecule has 1 fully saturated rings. The van der Waals surface area contributed by atoms with Crippen LogP contribution in [0.15, 0.2) is 48.7 Å². The second-order valence-electron chi connectivity index (χ2n) is 10.3. The molecule has 1 aromatic heterocycles. The lowest BCUT2D eigenvalue weighted by Gasteiger charge is -2.34. The van der Waals surface area contributed by atoms with Gasteiger partial charge in [0.05, 0.1) is 23.1 Å². The van der Waals surface area contributed by atoms with Gasteiger partial charge in [-0.05, 0) is 83.4 Å². The number of anilines is 1. The first kappa shape index (κ1) is 25.8. The quantitative estimate of drug-likeness (QED) is 0.436. The number of aryl methyl sites for hydroxylation is 2. The zero-order valence-electron chi connectivity index (χ0n) is 21.5. The van der Waals surface area contributed by atoms with Gasteiger partial charge in [-0.1, -0.05) is 29.3 Å². The Kier molecular flexibility index (Phi) is 7.41. The summed E-state index contributed by atoms with van der Waals surface area (Å²) in [5.41, 5.74) is 4.69. The summed E-state index contributed by atoms with van der Waals surface area (Å²) in [6.45, 7) is 10.8. The van der Waals surface area contributed by atoms with Crippen LogP contribution >= 0.6 is 11.6 Å². The molecule has 3 aromatic rings. The molecule has 1 aliphatic heterocycles. The maximum Gasteiger partial charge on any atom is 0.410 e. The smallest absolute Gasteiger partial charge is 0.410 e. The number of piperidine rings is 1. The van der Waals surface area contributed by atoms with Gasteiger partial charge < -0.3 is 15.0 Å². The van der Waals surface area contributed by atoms with E-state index in [1.54, 1.807) is 35.4 Å². The molecule has 0 atom stereocenters. The fourth-order valence-corrected chi connectivity index (χ4v) is 4.68. The SMILES string of the molecule is Cc1ccc(-n2ncc(C(=O)Nc3ccc(Cl)cc3)c2C2CCN(C(=O)OC(C)(C)C)CC2)c(C)c1. The molecule has 36 heavy (non-hydrogen) atoms. The number of hydrogen-bond donors (Lipinski definition) is 1. The van der Waals surface area contributed by atoms with Gasteiger partial charge in [-0.2, -0.15) is 5.10 Å². The van der Waals surface area contributed by atoms with Crippen molar-refractivity contribution < 1.29 is 14.3 Å². The Morgan fingerprint density at radius 1 is 1.06 bits per heavy atom. The summed E-state index contributed by atoms with van der Waals surface area (Å²) in [4.78, 5) is 27.7. The van der Waals surface area contributed by atoms with Crippen molar-refractivity contribution in [3.05, 3.63) is 76.1 Å². The average Bonchev–Trinajstić information content (AvgIpc) is 3.24. The minimum absolute atomic E-state index is 0.0536. The molecule has 0 spiro atoms. The summed E-state index contributed by atoms with van der Waals surface area (Å²) >= 11 is 6.00. The second kappa shape index (κ2) is 10.3. The highest BCUT2D eigenvalue weighted by Crippen LogP contribution is 2.34. The Bertz CT molecular complexity index is 1250. The van der Waals surface area contributed by atoms with Crippen LogP contribution in [0, 0.1) is 13.8 Å². The molecule has 2 heterocycles. The van der Waals surface area contributed by atoms with E-state index < -0.39 is 5.60 Å². The van der Waals surface area contributed by atoms with Crippen LogP contribution in [0.4, 0.5) is 10.5 Å². The van der Waals surface area contributed by atoms with Crippen molar-refractivity contribution in [2.24, 2.45) is 0 Å². The predicted octanol–water partition coefficient (Wildman–Crippen LogP) is 6.51. The number of carbonyl (C=O) groups is 2. The molecule has 1 saturated heterocycles. The van der Waals surface area contributed by atoms with Crippen molar-refractivity contribution in [2.75, 3.05) is 18.4 Å². The minimum atomic E-state index is -0.539. The van der Waals surface area contributed by atoms with Gasteiger partial charge in [-0.25, -0.2) is 9.48 Å². The van der Waals surface area contributed by atoms with E-state index in [-0.39, 0.29) is 17.9 Å². The monoisotopic (exact) mass is 508 g/mol. The number of nitrogens with zero attached hydrogens (tertiary/aromatic N) is 3. The highest BCUT2D eigenvalue weighted by atomic mass is 35.5. The van der Waals surface area contributed by atoms with E-state index in [9.17, 15) is 9.59 Å². The lowest BCUT2D eigenvalue weighted by molar-refractivity contribution is 0.0203. The standard InChI is InChI=1S/C28H33ClN4O3/c1-18-6-11-24(19(2)16-18)33-25(20-12-14-32(15-13-20)27(35)36-28(3,4)5)23(17-30-33)26(34)31-22-9-7-21(29)8-10-22/h6-11,16-17,20H,12-15H2,1-5H3,(H,31,34). The van der Waals surface area contributed by atoms with Crippen LogP contribution in [0.25, 0.3) is 5.69 Å². The van der Waals surface area contributed by atoms with Gasteiger partial charge in [0.15, 0.2) is 0 Å². The molecule has 1 N–H and O–H groups in total. The molecule has 0 saturated carbocycles. The molecular weight excluding hydrogens is 476 g/mol. The van der Waals surface area contributed by atoms with Crippen molar-refractivity contribution in [3.8, 4) is 5.69 Å². The van der Waals surface area contributed by atoms with Gasteiger partial charge in [-0.15, -0.1) is 0 Å². The molecule has 7 nitrogen and oxygen atoms in total. The number of halogens is 1. The molecular formula is C28H33ClN4O3. The van der Waals surface area contributed by atoms with Crippen LogP contribution < -0.4 is 5.32 Å². The van der Waals surface area contributed by atoms with Crippen molar-refractivity contribution in [1.82, 2.24) is 14.7 Å². The zero-order chi connectivity index (χ0) is 26.0. The summed E-state index contributed by atoms with van der Waals surface area (Å²) in [6.07, 6.45) is 2.75. The third-order valence-electron chi connectivity index (χ3n) is 6.27. The fourth-order valence-electron chi connectivity index (χ4n) is 4.55. The number of carbonyl (C=O) groups excluding carboxylic acids is 2. The van der Waals surface area contributed by atoms with Gasteiger partial charge in [0.25, 0.3) is 5.91 Å². The first-order chi connectivity index (χ1) is 17.0. The third kappa shape index (κ3) is 5.90. The van der Waals surface area contributed by atoms with Crippen LogP contribution in [0.5, 0.6) is 0 Å². The van der Waals surface area contributed by atoms with Gasteiger partial charge >= 0.3 is 6.09 Å². The molecule has 1 aliphatic rings. The number of rotatable bonds is 4. The number of nitrogens with one attached hydrogen (secondary N) is 1. The van der Waals surface area contributed by atoms with Crippen LogP contribution in [0.1, 0.15) is 66.7 Å². The van der Waals surface area contributed by atoms with E-state index in [1.807, 2.05) is 44.5 Å². The van der Waals surface area contributed by atoms with E-state index in [0.717, 1.165) is 22.5 Å². The van der Waals surface area contributed by atoms with E-state index in [2.05, 4.69) is 23.4 Å². The lowest BCUT2D eigenvalue weighted by atomic mass is 9.90. The van der Waals surface area contributed by atoms with Gasteiger partial charge in [0.1, 0.15) is 5.60 Å². The highest BCUT2D eigenvalue weighted by molar-refractivity contribution is 6.30. The molecule has 4 rings (SSSR count). The Morgan fingerprint density at radius 2 is 1.72 bits per heavy atom. The predicted molar refractivity (Wildman–Crippen MR) is 142 cm³/mol. The highest BCUT2D eigenvalue weighted by Gasteiger charge is 2.32. The Labute approximate surface area is 217 Å². The normalized spacial score (nSPS) is 14.6. The Hall–Kier alpha value is -3.32. The van der Waals surface area contributed by atoms with Gasteiger partial charge in [-0.3, -0.25) is 4.79 Å². The van der Waals surface area contributed by atoms with Crippen LogP contribution in [-0.4, -0.2) is 45.4 Å². The Balaban J connectivity index is 1.64. The maximum absolute atomic E-state index is 13.4. The number of hydrogen-bond acceptors (Lipinski definition) is 4. The van der Waals surface area contributed by atoms with Crippen molar-refractivity contribution in [2.45, 2.75) is 59.0 Å². The van der Waals surface area contributed by atoms with Crippen LogP contribution in [-0.2, 0) is 4.74 Å². The largest absolute Gasteiger partial charge is 0.444 e. The van der Waals surface area contributed by atoms with Crippen molar-refractivity contribution in [3.63, 3.8) is 0 Å². The third-order valence-corrected chi connectivity index (χ3v) is 6.52. The molecule has 2 aromatic carbocycles. The summed E-state index contributed by atoms with van der Waals surface area (Å²) in [5.74, 6) is -0.171. The van der Waals surface area contributed by atoms with Crippen LogP contribution in [0.3, 0.4) is 0 Å².